The lowest BCUT2D eigenvalue weighted by Crippen LogP contribution is -2.10. The van der Waals surface area contributed by atoms with Crippen molar-refractivity contribution >= 4 is 13.4 Å². The van der Waals surface area contributed by atoms with Crippen LogP contribution in [0.3, 0.4) is 0 Å². The maximum Gasteiger partial charge on any atom is 0.438 e. The first kappa shape index (κ1) is 23.8. The van der Waals surface area contributed by atoms with Crippen LogP contribution in [0.25, 0.3) is 0 Å². The van der Waals surface area contributed by atoms with Crippen molar-refractivity contribution < 1.29 is 27.9 Å². The smallest absolute Gasteiger partial charge is 0.438 e. The monoisotopic (exact) mass is 434 g/mol. The van der Waals surface area contributed by atoms with E-state index in [0.717, 1.165) is 25.7 Å². The summed E-state index contributed by atoms with van der Waals surface area (Å²) < 4.78 is 36.1. The Morgan fingerprint density at radius 2 is 1.23 bits per heavy atom. The lowest BCUT2D eigenvalue weighted by Gasteiger charge is -2.20. The number of hydrogen-bond donors (Lipinski definition) is 0. The quantitative estimate of drug-likeness (QED) is 0.257. The highest BCUT2D eigenvalue weighted by Gasteiger charge is 2.30. The number of hydrogen-bond acceptors (Lipinski definition) is 6. The van der Waals surface area contributed by atoms with Crippen LogP contribution in [0.4, 0.5) is 0 Å². The van der Waals surface area contributed by atoms with Crippen molar-refractivity contribution in [1.29, 1.82) is 0 Å². The number of carbonyl (C=O) groups is 1. The Labute approximate surface area is 179 Å². The van der Waals surface area contributed by atoms with E-state index in [4.69, 9.17) is 18.5 Å². The molecule has 0 aliphatic carbocycles. The Balaban J connectivity index is 2.14. The van der Waals surface area contributed by atoms with E-state index in [-0.39, 0.29) is 11.9 Å². The molecule has 2 aromatic rings. The van der Waals surface area contributed by atoms with Gasteiger partial charge in [-0.25, -0.2) is 4.57 Å². The van der Waals surface area contributed by atoms with E-state index >= 15 is 0 Å². The molecule has 7 heteroatoms. The van der Waals surface area contributed by atoms with Gasteiger partial charge in [-0.2, -0.15) is 0 Å². The Kier molecular flexibility index (Phi) is 9.75. The molecule has 0 aliphatic heterocycles. The molecule has 0 saturated heterocycles. The molecule has 0 aromatic heterocycles. The fourth-order valence-corrected chi connectivity index (χ4v) is 4.17. The maximum absolute atomic E-state index is 13.4. The number of ether oxygens (including phenoxy) is 2. The number of benzene rings is 2. The number of carbonyl (C=O) groups excluding carboxylic acids is 1. The minimum absolute atomic E-state index is 0.288. The van der Waals surface area contributed by atoms with E-state index < -0.39 is 7.60 Å². The topological polar surface area (TPSA) is 71.1 Å². The number of ketones is 1. The van der Waals surface area contributed by atoms with Crippen molar-refractivity contribution in [1.82, 2.24) is 0 Å². The zero-order chi connectivity index (χ0) is 21.8. The average molecular weight is 434 g/mol. The first-order valence-corrected chi connectivity index (χ1v) is 12.1. The minimum Gasteiger partial charge on any atom is -0.493 e. The molecule has 0 heterocycles. The molecule has 2 rings (SSSR count). The van der Waals surface area contributed by atoms with E-state index in [9.17, 15) is 9.36 Å². The summed E-state index contributed by atoms with van der Waals surface area (Å²) in [4.78, 5) is 11.7. The highest BCUT2D eigenvalue weighted by molar-refractivity contribution is 7.55. The van der Waals surface area contributed by atoms with Crippen molar-refractivity contribution in [3.63, 3.8) is 0 Å². The summed E-state index contributed by atoms with van der Waals surface area (Å²) in [7, 11) is -3.78. The first-order valence-electron chi connectivity index (χ1n) is 10.4. The molecule has 0 saturated carbocycles. The summed E-state index contributed by atoms with van der Waals surface area (Å²) in [6, 6.07) is 13.7. The SMILES string of the molecule is CCCCOc1cccc(OP(=O)(CC(C)=O)Oc2cccc(OCCCC)c2)c1. The molecule has 30 heavy (non-hydrogen) atoms. The van der Waals surface area contributed by atoms with Crippen LogP contribution in [-0.4, -0.2) is 25.2 Å². The van der Waals surface area contributed by atoms with Gasteiger partial charge >= 0.3 is 7.60 Å². The van der Waals surface area contributed by atoms with Gasteiger partial charge in [0.2, 0.25) is 0 Å². The summed E-state index contributed by atoms with van der Waals surface area (Å²) in [6.07, 6.45) is 3.59. The number of unbranched alkanes of at least 4 members (excludes halogenated alkanes) is 2. The molecular weight excluding hydrogens is 403 g/mol. The molecule has 164 valence electrons. The normalized spacial score (nSPS) is 11.0. The summed E-state index contributed by atoms with van der Waals surface area (Å²) in [5, 5.41) is 0. The van der Waals surface area contributed by atoms with Crippen LogP contribution in [0, 0.1) is 0 Å². The summed E-state index contributed by atoms with van der Waals surface area (Å²) in [5.74, 6) is 1.58. The summed E-state index contributed by atoms with van der Waals surface area (Å²) in [6.45, 7) is 6.71. The molecule has 0 fully saturated rings. The third-order valence-corrected chi connectivity index (χ3v) is 5.86. The summed E-state index contributed by atoms with van der Waals surface area (Å²) in [5.41, 5.74) is 0. The van der Waals surface area contributed by atoms with Gasteiger partial charge in [-0.05, 0) is 44.0 Å². The van der Waals surface area contributed by atoms with Gasteiger partial charge in [0, 0.05) is 12.1 Å². The lowest BCUT2D eigenvalue weighted by atomic mass is 10.3. The van der Waals surface area contributed by atoms with Gasteiger partial charge in [0.25, 0.3) is 0 Å². The van der Waals surface area contributed by atoms with E-state index in [1.807, 2.05) is 0 Å². The van der Waals surface area contributed by atoms with Gasteiger partial charge in [-0.15, -0.1) is 0 Å². The second-order valence-electron chi connectivity index (χ2n) is 7.01. The van der Waals surface area contributed by atoms with E-state index in [1.165, 1.54) is 6.92 Å². The third kappa shape index (κ3) is 8.50. The van der Waals surface area contributed by atoms with Crippen molar-refractivity contribution in [2.24, 2.45) is 0 Å². The molecule has 0 radical (unpaired) electrons. The van der Waals surface area contributed by atoms with Crippen LogP contribution < -0.4 is 18.5 Å². The summed E-state index contributed by atoms with van der Waals surface area (Å²) >= 11 is 0. The molecule has 0 unspecified atom stereocenters. The van der Waals surface area contributed by atoms with Gasteiger partial charge in [0.05, 0.1) is 13.2 Å². The largest absolute Gasteiger partial charge is 0.493 e. The van der Waals surface area contributed by atoms with Crippen molar-refractivity contribution in [3.05, 3.63) is 48.5 Å². The molecule has 0 amide bonds. The standard InChI is InChI=1S/C23H31O6P/c1-4-6-14-26-20-10-8-12-22(16-20)28-30(25,18-19(3)24)29-23-13-9-11-21(17-23)27-15-7-5-2/h8-13,16-17H,4-7,14-15,18H2,1-3H3. The van der Waals surface area contributed by atoms with Gasteiger partial charge in [-0.1, -0.05) is 38.8 Å². The molecular formula is C23H31O6P. The molecule has 0 N–H and O–H groups in total. The molecule has 0 bridgehead atoms. The fraction of sp³-hybridized carbons (Fsp3) is 0.435. The van der Waals surface area contributed by atoms with Crippen LogP contribution in [0.2, 0.25) is 0 Å². The van der Waals surface area contributed by atoms with Gasteiger partial charge < -0.3 is 18.5 Å². The first-order chi connectivity index (χ1) is 14.4. The highest BCUT2D eigenvalue weighted by atomic mass is 31.2. The van der Waals surface area contributed by atoms with Gasteiger partial charge in [-0.3, -0.25) is 4.79 Å². The van der Waals surface area contributed by atoms with Crippen molar-refractivity contribution in [3.8, 4) is 23.0 Å². The lowest BCUT2D eigenvalue weighted by molar-refractivity contribution is -0.114. The average Bonchev–Trinajstić information content (AvgIpc) is 2.68. The van der Waals surface area contributed by atoms with Crippen LogP contribution in [0.1, 0.15) is 46.5 Å². The van der Waals surface area contributed by atoms with Gasteiger partial charge in [0.15, 0.2) is 0 Å². The predicted octanol–water partition coefficient (Wildman–Crippen LogP) is 6.28. The van der Waals surface area contributed by atoms with Gasteiger partial charge in [0.1, 0.15) is 34.9 Å². The van der Waals surface area contributed by atoms with Crippen LogP contribution in [-0.2, 0) is 9.36 Å². The van der Waals surface area contributed by atoms with Crippen molar-refractivity contribution in [2.75, 3.05) is 19.4 Å². The second-order valence-corrected chi connectivity index (χ2v) is 8.91. The van der Waals surface area contributed by atoms with E-state index in [0.29, 0.717) is 36.2 Å². The number of Topliss-reactive ketones (excluding diaryl/α,β-unsaturated/α-hetero) is 1. The third-order valence-electron chi connectivity index (χ3n) is 4.05. The molecule has 2 aromatic carbocycles. The zero-order valence-corrected chi connectivity index (χ0v) is 18.9. The van der Waals surface area contributed by atoms with E-state index in [1.54, 1.807) is 48.5 Å². The molecule has 0 atom stereocenters. The highest BCUT2D eigenvalue weighted by Crippen LogP contribution is 2.49. The molecule has 6 nitrogen and oxygen atoms in total. The maximum atomic E-state index is 13.4. The predicted molar refractivity (Wildman–Crippen MR) is 118 cm³/mol. The Bertz CT molecular complexity index is 792. The van der Waals surface area contributed by atoms with Crippen LogP contribution in [0.15, 0.2) is 48.5 Å². The second kappa shape index (κ2) is 12.3. The Morgan fingerprint density at radius 1 is 0.800 bits per heavy atom. The van der Waals surface area contributed by atoms with Crippen LogP contribution in [0.5, 0.6) is 23.0 Å². The minimum atomic E-state index is -3.78. The Morgan fingerprint density at radius 3 is 1.63 bits per heavy atom. The van der Waals surface area contributed by atoms with E-state index in [2.05, 4.69) is 13.8 Å². The zero-order valence-electron chi connectivity index (χ0n) is 18.0. The number of rotatable bonds is 14. The van der Waals surface area contributed by atoms with Crippen LogP contribution >= 0.6 is 7.60 Å². The molecule has 0 aliphatic rings. The molecule has 0 spiro atoms. The Hall–Kier alpha value is -2.46. The van der Waals surface area contributed by atoms with Crippen molar-refractivity contribution in [2.45, 2.75) is 46.5 Å². The fourth-order valence-electron chi connectivity index (χ4n) is 2.59.